The zero-order valence-electron chi connectivity index (χ0n) is 11.2. The highest BCUT2D eigenvalue weighted by Crippen LogP contribution is 2.30. The highest BCUT2D eigenvalue weighted by Gasteiger charge is 2.06. The topological polar surface area (TPSA) is 26.0 Å². The number of nitrogen functional groups attached to an aromatic ring is 1. The third-order valence-corrected chi connectivity index (χ3v) is 4.53. The fourth-order valence-corrected chi connectivity index (χ4v) is 3.28. The lowest BCUT2D eigenvalue weighted by atomic mass is 10.1. The van der Waals surface area contributed by atoms with E-state index in [1.807, 2.05) is 23.9 Å². The van der Waals surface area contributed by atoms with Crippen molar-refractivity contribution in [3.63, 3.8) is 0 Å². The number of hydrogen-bond acceptors (Lipinski definition) is 2. The normalized spacial score (nSPS) is 10.6. The van der Waals surface area contributed by atoms with Crippen LogP contribution in [-0.4, -0.2) is 0 Å². The Bertz CT molecular complexity index is 541. The molecule has 0 atom stereocenters. The molecular weight excluding hydrogens is 238 g/mol. The number of anilines is 1. The number of hydrogen-bond donors (Lipinski definition) is 1. The molecular formula is C16H19NS. The zero-order valence-corrected chi connectivity index (χ0v) is 12.0. The van der Waals surface area contributed by atoms with Crippen LogP contribution in [0.4, 0.5) is 5.69 Å². The molecule has 18 heavy (non-hydrogen) atoms. The molecule has 2 aromatic carbocycles. The first kappa shape index (κ1) is 13.0. The second kappa shape index (κ2) is 5.49. The molecule has 0 heterocycles. The molecule has 0 bridgehead atoms. The molecule has 0 amide bonds. The lowest BCUT2D eigenvalue weighted by Crippen LogP contribution is -1.93. The molecule has 0 aromatic heterocycles. The van der Waals surface area contributed by atoms with Crippen LogP contribution in [0.5, 0.6) is 0 Å². The van der Waals surface area contributed by atoms with Crippen molar-refractivity contribution in [1.29, 1.82) is 0 Å². The van der Waals surface area contributed by atoms with Crippen LogP contribution >= 0.6 is 11.8 Å². The van der Waals surface area contributed by atoms with Crippen molar-refractivity contribution >= 4 is 17.4 Å². The Labute approximate surface area is 113 Å². The van der Waals surface area contributed by atoms with E-state index in [2.05, 4.69) is 45.0 Å². The van der Waals surface area contributed by atoms with Crippen molar-refractivity contribution in [1.82, 2.24) is 0 Å². The minimum atomic E-state index is 0.876. The van der Waals surface area contributed by atoms with Crippen molar-refractivity contribution in [2.24, 2.45) is 0 Å². The first-order chi connectivity index (χ1) is 8.59. The Kier molecular flexibility index (Phi) is 3.97. The van der Waals surface area contributed by atoms with Crippen LogP contribution in [-0.2, 0) is 5.75 Å². The largest absolute Gasteiger partial charge is 0.398 e. The van der Waals surface area contributed by atoms with Crippen LogP contribution < -0.4 is 5.73 Å². The fourth-order valence-electron chi connectivity index (χ4n) is 2.01. The van der Waals surface area contributed by atoms with Crippen molar-refractivity contribution in [3.05, 3.63) is 58.7 Å². The Hall–Kier alpha value is -1.41. The molecule has 0 unspecified atom stereocenters. The molecule has 0 aliphatic heterocycles. The van der Waals surface area contributed by atoms with Crippen LogP contribution in [0.25, 0.3) is 0 Å². The van der Waals surface area contributed by atoms with Gasteiger partial charge in [0.05, 0.1) is 0 Å². The first-order valence-electron chi connectivity index (χ1n) is 6.12. The lowest BCUT2D eigenvalue weighted by molar-refractivity contribution is 1.23. The van der Waals surface area contributed by atoms with Crippen LogP contribution in [0.2, 0.25) is 0 Å². The highest BCUT2D eigenvalue weighted by atomic mass is 32.2. The van der Waals surface area contributed by atoms with E-state index in [0.717, 1.165) is 11.4 Å². The minimum Gasteiger partial charge on any atom is -0.398 e. The van der Waals surface area contributed by atoms with Gasteiger partial charge in [-0.15, -0.1) is 11.8 Å². The standard InChI is InChI=1S/C16H19NS/c1-11-6-4-7-12(2)14(11)10-18-16-9-5-8-15(17)13(16)3/h4-9H,10,17H2,1-3H3. The zero-order chi connectivity index (χ0) is 13.1. The van der Waals surface area contributed by atoms with E-state index in [1.165, 1.54) is 27.1 Å². The summed E-state index contributed by atoms with van der Waals surface area (Å²) in [6, 6.07) is 12.6. The van der Waals surface area contributed by atoms with Gasteiger partial charge in [0.15, 0.2) is 0 Å². The number of nitrogens with two attached hydrogens (primary N) is 1. The minimum absolute atomic E-state index is 0.876. The SMILES string of the molecule is Cc1cccc(C)c1CSc1cccc(N)c1C. The first-order valence-corrected chi connectivity index (χ1v) is 7.11. The predicted octanol–water partition coefficient (Wildman–Crippen LogP) is 4.49. The summed E-state index contributed by atoms with van der Waals surface area (Å²) in [5.74, 6) is 1.00. The van der Waals surface area contributed by atoms with E-state index < -0.39 is 0 Å². The van der Waals surface area contributed by atoms with Gasteiger partial charge in [-0.1, -0.05) is 24.3 Å². The maximum Gasteiger partial charge on any atom is 0.0354 e. The Morgan fingerprint density at radius 3 is 2.22 bits per heavy atom. The Morgan fingerprint density at radius 1 is 0.944 bits per heavy atom. The monoisotopic (exact) mass is 257 g/mol. The van der Waals surface area contributed by atoms with Crippen LogP contribution in [0.3, 0.4) is 0 Å². The third-order valence-electron chi connectivity index (χ3n) is 3.34. The van der Waals surface area contributed by atoms with Crippen molar-refractivity contribution in [2.45, 2.75) is 31.4 Å². The highest BCUT2D eigenvalue weighted by molar-refractivity contribution is 7.98. The van der Waals surface area contributed by atoms with Gasteiger partial charge < -0.3 is 5.73 Å². The molecule has 1 nitrogen and oxygen atoms in total. The van der Waals surface area contributed by atoms with Crippen LogP contribution in [0.15, 0.2) is 41.3 Å². The van der Waals surface area contributed by atoms with E-state index >= 15 is 0 Å². The molecule has 0 fully saturated rings. The van der Waals surface area contributed by atoms with E-state index in [4.69, 9.17) is 5.73 Å². The number of thioether (sulfide) groups is 1. The quantitative estimate of drug-likeness (QED) is 0.648. The van der Waals surface area contributed by atoms with Gasteiger partial charge in [-0.2, -0.15) is 0 Å². The van der Waals surface area contributed by atoms with Gasteiger partial charge in [0, 0.05) is 16.3 Å². The van der Waals surface area contributed by atoms with Crippen molar-refractivity contribution in [3.8, 4) is 0 Å². The maximum absolute atomic E-state index is 5.94. The molecule has 2 heteroatoms. The molecule has 0 spiro atoms. The molecule has 2 aromatic rings. The van der Waals surface area contributed by atoms with Crippen LogP contribution in [0.1, 0.15) is 22.3 Å². The third kappa shape index (κ3) is 2.70. The predicted molar refractivity (Wildman–Crippen MR) is 81.1 cm³/mol. The maximum atomic E-state index is 5.94. The molecule has 0 saturated carbocycles. The number of aryl methyl sites for hydroxylation is 2. The van der Waals surface area contributed by atoms with Gasteiger partial charge in [-0.25, -0.2) is 0 Å². The smallest absolute Gasteiger partial charge is 0.0354 e. The second-order valence-corrected chi connectivity index (χ2v) is 5.65. The van der Waals surface area contributed by atoms with Gasteiger partial charge in [0.2, 0.25) is 0 Å². The molecule has 0 aliphatic carbocycles. The Morgan fingerprint density at radius 2 is 1.56 bits per heavy atom. The number of rotatable bonds is 3. The summed E-state index contributed by atoms with van der Waals surface area (Å²) in [7, 11) is 0. The molecule has 0 aliphatic rings. The van der Waals surface area contributed by atoms with Gasteiger partial charge in [0.25, 0.3) is 0 Å². The van der Waals surface area contributed by atoms with Gasteiger partial charge >= 0.3 is 0 Å². The second-order valence-electron chi connectivity index (χ2n) is 4.63. The van der Waals surface area contributed by atoms with E-state index in [0.29, 0.717) is 0 Å². The Balaban J connectivity index is 2.19. The van der Waals surface area contributed by atoms with Gasteiger partial charge in [0.1, 0.15) is 0 Å². The summed E-state index contributed by atoms with van der Waals surface area (Å²) in [5, 5.41) is 0. The summed E-state index contributed by atoms with van der Waals surface area (Å²) in [6.07, 6.45) is 0. The van der Waals surface area contributed by atoms with Gasteiger partial charge in [-0.05, 0) is 55.2 Å². The fraction of sp³-hybridized carbons (Fsp3) is 0.250. The summed E-state index contributed by atoms with van der Waals surface area (Å²) >= 11 is 1.86. The molecule has 94 valence electrons. The number of benzene rings is 2. The van der Waals surface area contributed by atoms with Crippen molar-refractivity contribution in [2.75, 3.05) is 5.73 Å². The molecule has 0 saturated heterocycles. The molecule has 2 N–H and O–H groups in total. The van der Waals surface area contributed by atoms with Gasteiger partial charge in [-0.3, -0.25) is 0 Å². The van der Waals surface area contributed by atoms with E-state index in [9.17, 15) is 0 Å². The van der Waals surface area contributed by atoms with Crippen LogP contribution in [0, 0.1) is 20.8 Å². The summed E-state index contributed by atoms with van der Waals surface area (Å²) in [4.78, 5) is 1.28. The summed E-state index contributed by atoms with van der Waals surface area (Å²) in [5.41, 5.74) is 12.2. The summed E-state index contributed by atoms with van der Waals surface area (Å²) < 4.78 is 0. The molecule has 2 rings (SSSR count). The average Bonchev–Trinajstić information content (AvgIpc) is 2.33. The molecule has 0 radical (unpaired) electrons. The van der Waals surface area contributed by atoms with E-state index in [1.54, 1.807) is 0 Å². The summed E-state index contributed by atoms with van der Waals surface area (Å²) in [6.45, 7) is 6.44. The average molecular weight is 257 g/mol. The van der Waals surface area contributed by atoms with E-state index in [-0.39, 0.29) is 0 Å². The van der Waals surface area contributed by atoms with Crippen molar-refractivity contribution < 1.29 is 0 Å². The lowest BCUT2D eigenvalue weighted by Gasteiger charge is -2.11.